The van der Waals surface area contributed by atoms with Gasteiger partial charge in [-0.25, -0.2) is 0 Å². The van der Waals surface area contributed by atoms with Crippen molar-refractivity contribution in [2.75, 3.05) is 13.2 Å². The molecule has 0 N–H and O–H groups in total. The highest BCUT2D eigenvalue weighted by Gasteiger charge is 2.18. The monoisotopic (exact) mass is 524 g/mol. The summed E-state index contributed by atoms with van der Waals surface area (Å²) in [7, 11) is 0. The first-order valence-corrected chi connectivity index (χ1v) is 16.0. The summed E-state index contributed by atoms with van der Waals surface area (Å²) in [5, 5.41) is 0. The molecule has 0 aromatic heterocycles. The molecule has 0 radical (unpaired) electrons. The Labute approximate surface area is 231 Å². The van der Waals surface area contributed by atoms with Crippen LogP contribution in [0.4, 0.5) is 0 Å². The molecule has 37 heavy (non-hydrogen) atoms. The molecule has 0 aromatic carbocycles. The van der Waals surface area contributed by atoms with Crippen molar-refractivity contribution in [2.45, 2.75) is 164 Å². The van der Waals surface area contributed by atoms with E-state index in [1.165, 1.54) is 64.2 Å². The summed E-state index contributed by atoms with van der Waals surface area (Å²) in [4.78, 5) is 23.9. The molecule has 0 rings (SSSR count). The molecule has 1 unspecified atom stereocenters. The van der Waals surface area contributed by atoms with Crippen molar-refractivity contribution in [1.29, 1.82) is 0 Å². The van der Waals surface area contributed by atoms with Crippen molar-refractivity contribution in [2.24, 2.45) is 23.7 Å². The lowest BCUT2D eigenvalue weighted by Crippen LogP contribution is -2.17. The van der Waals surface area contributed by atoms with Crippen LogP contribution >= 0.6 is 0 Å². The Kier molecular flexibility index (Phi) is 24.5. The second-order valence-corrected chi connectivity index (χ2v) is 12.5. The molecule has 4 nitrogen and oxygen atoms in total. The lowest BCUT2D eigenvalue weighted by Gasteiger charge is -2.20. The van der Waals surface area contributed by atoms with Gasteiger partial charge in [-0.1, -0.05) is 112 Å². The van der Waals surface area contributed by atoms with Gasteiger partial charge in [0, 0.05) is 12.8 Å². The zero-order valence-corrected chi connectivity index (χ0v) is 25.8. The summed E-state index contributed by atoms with van der Waals surface area (Å²) in [5.74, 6) is 2.33. The molecule has 0 saturated carbocycles. The fourth-order valence-electron chi connectivity index (χ4n) is 4.82. The van der Waals surface area contributed by atoms with E-state index in [1.807, 2.05) is 0 Å². The summed E-state index contributed by atoms with van der Waals surface area (Å²) in [6.45, 7) is 14.5. The maximum Gasteiger partial charge on any atom is 0.306 e. The first kappa shape index (κ1) is 35.9. The lowest BCUT2D eigenvalue weighted by atomic mass is 9.87. The van der Waals surface area contributed by atoms with Gasteiger partial charge in [0.1, 0.15) is 0 Å². The summed E-state index contributed by atoms with van der Waals surface area (Å²) in [6, 6.07) is 0. The number of ether oxygens (including phenoxy) is 2. The van der Waals surface area contributed by atoms with Gasteiger partial charge in [-0.15, -0.1) is 0 Å². The van der Waals surface area contributed by atoms with E-state index < -0.39 is 0 Å². The number of carbonyl (C=O) groups excluding carboxylic acids is 2. The third-order valence-corrected chi connectivity index (χ3v) is 7.46. The number of hydrogen-bond donors (Lipinski definition) is 0. The normalized spacial score (nSPS) is 12.5. The third kappa shape index (κ3) is 26.3. The molecule has 0 fully saturated rings. The average molecular weight is 525 g/mol. The zero-order chi connectivity index (χ0) is 27.7. The van der Waals surface area contributed by atoms with Crippen LogP contribution in [0.5, 0.6) is 0 Å². The average Bonchev–Trinajstić information content (AvgIpc) is 2.83. The summed E-state index contributed by atoms with van der Waals surface area (Å²) in [5.41, 5.74) is 0. The highest BCUT2D eigenvalue weighted by molar-refractivity contribution is 5.69. The van der Waals surface area contributed by atoms with Crippen molar-refractivity contribution in [3.05, 3.63) is 0 Å². The number of hydrogen-bond acceptors (Lipinski definition) is 4. The van der Waals surface area contributed by atoms with Gasteiger partial charge in [-0.05, 0) is 62.2 Å². The number of esters is 2. The molecule has 0 saturated heterocycles. The lowest BCUT2D eigenvalue weighted by molar-refractivity contribution is -0.145. The maximum absolute atomic E-state index is 12.2. The van der Waals surface area contributed by atoms with Gasteiger partial charge in [0.05, 0.1) is 13.2 Å². The Morgan fingerprint density at radius 1 is 0.486 bits per heavy atom. The predicted molar refractivity (Wildman–Crippen MR) is 158 cm³/mol. The zero-order valence-electron chi connectivity index (χ0n) is 25.8. The molecule has 220 valence electrons. The van der Waals surface area contributed by atoms with Crippen LogP contribution in [-0.2, 0) is 19.1 Å². The first-order chi connectivity index (χ1) is 17.7. The minimum absolute atomic E-state index is 0.00233. The molecule has 0 bridgehead atoms. The van der Waals surface area contributed by atoms with Gasteiger partial charge in [-0.3, -0.25) is 9.59 Å². The van der Waals surface area contributed by atoms with E-state index in [0.717, 1.165) is 44.9 Å². The Hall–Kier alpha value is -1.06. The number of carbonyl (C=O) groups is 2. The smallest absolute Gasteiger partial charge is 0.306 e. The molecule has 0 aliphatic carbocycles. The Morgan fingerprint density at radius 2 is 0.892 bits per heavy atom. The van der Waals surface area contributed by atoms with Crippen LogP contribution in [0, 0.1) is 23.7 Å². The van der Waals surface area contributed by atoms with Crippen LogP contribution in [0.2, 0.25) is 0 Å². The van der Waals surface area contributed by atoms with Crippen molar-refractivity contribution in [3.8, 4) is 0 Å². The molecule has 0 amide bonds. The van der Waals surface area contributed by atoms with Crippen molar-refractivity contribution in [1.82, 2.24) is 0 Å². The van der Waals surface area contributed by atoms with Crippen LogP contribution in [-0.4, -0.2) is 25.2 Å². The Bertz CT molecular complexity index is 526. The SMILES string of the molecule is CC(C)CCCOC(=O)CCCCCCCCCCCCCCC(CC(=O)OCCCC(C)C)C(C)C. The highest BCUT2D eigenvalue weighted by atomic mass is 16.5. The maximum atomic E-state index is 12.2. The predicted octanol–water partition coefficient (Wildman–Crippen LogP) is 10.1. The number of unbranched alkanes of at least 4 members (excludes halogenated alkanes) is 11. The van der Waals surface area contributed by atoms with Crippen LogP contribution in [0.15, 0.2) is 0 Å². The molecule has 0 aliphatic heterocycles. The molecule has 1 atom stereocenters. The fourth-order valence-corrected chi connectivity index (χ4v) is 4.82. The van der Waals surface area contributed by atoms with Gasteiger partial charge in [0.25, 0.3) is 0 Å². The standard InChI is InChI=1S/C33H64O4/c1-28(2)21-19-25-36-32(34)24-18-16-14-12-10-8-7-9-11-13-15-17-23-31(30(5)6)27-33(35)37-26-20-22-29(3)4/h28-31H,7-27H2,1-6H3. The van der Waals surface area contributed by atoms with E-state index in [0.29, 0.717) is 49.7 Å². The summed E-state index contributed by atoms with van der Waals surface area (Å²) < 4.78 is 10.8. The molecule has 0 heterocycles. The summed E-state index contributed by atoms with van der Waals surface area (Å²) in [6.07, 6.45) is 21.7. The van der Waals surface area contributed by atoms with Crippen LogP contribution in [0.3, 0.4) is 0 Å². The van der Waals surface area contributed by atoms with Gasteiger partial charge in [0.15, 0.2) is 0 Å². The largest absolute Gasteiger partial charge is 0.466 e. The second kappa shape index (κ2) is 25.2. The Morgan fingerprint density at radius 3 is 1.32 bits per heavy atom. The second-order valence-electron chi connectivity index (χ2n) is 12.5. The van der Waals surface area contributed by atoms with Gasteiger partial charge >= 0.3 is 11.9 Å². The topological polar surface area (TPSA) is 52.6 Å². The summed E-state index contributed by atoms with van der Waals surface area (Å²) >= 11 is 0. The molecule has 0 aliphatic rings. The van der Waals surface area contributed by atoms with Gasteiger partial charge < -0.3 is 9.47 Å². The molecular formula is C33H64O4. The van der Waals surface area contributed by atoms with E-state index in [9.17, 15) is 9.59 Å². The third-order valence-electron chi connectivity index (χ3n) is 7.46. The van der Waals surface area contributed by atoms with E-state index >= 15 is 0 Å². The van der Waals surface area contributed by atoms with E-state index in [-0.39, 0.29) is 11.9 Å². The van der Waals surface area contributed by atoms with E-state index in [4.69, 9.17) is 9.47 Å². The van der Waals surface area contributed by atoms with Crippen LogP contribution < -0.4 is 0 Å². The Balaban J connectivity index is 3.51. The van der Waals surface area contributed by atoms with Crippen LogP contribution in [0.25, 0.3) is 0 Å². The van der Waals surface area contributed by atoms with Crippen molar-refractivity contribution >= 4 is 11.9 Å². The highest BCUT2D eigenvalue weighted by Crippen LogP contribution is 2.24. The van der Waals surface area contributed by atoms with Crippen molar-refractivity contribution in [3.63, 3.8) is 0 Å². The molecular weight excluding hydrogens is 460 g/mol. The molecule has 4 heteroatoms. The van der Waals surface area contributed by atoms with Crippen LogP contribution in [0.1, 0.15) is 164 Å². The van der Waals surface area contributed by atoms with Gasteiger partial charge in [0.2, 0.25) is 0 Å². The minimum Gasteiger partial charge on any atom is -0.466 e. The van der Waals surface area contributed by atoms with Crippen molar-refractivity contribution < 1.29 is 19.1 Å². The quantitative estimate of drug-likeness (QED) is 0.0834. The number of rotatable bonds is 26. The minimum atomic E-state index is -0.0153. The first-order valence-electron chi connectivity index (χ1n) is 16.0. The fraction of sp³-hybridized carbons (Fsp3) is 0.939. The molecule has 0 spiro atoms. The van der Waals surface area contributed by atoms with E-state index in [2.05, 4.69) is 41.5 Å². The molecule has 0 aromatic rings. The van der Waals surface area contributed by atoms with E-state index in [1.54, 1.807) is 0 Å². The van der Waals surface area contributed by atoms with Gasteiger partial charge in [-0.2, -0.15) is 0 Å².